The number of likely N-dealkylation sites (N-methyl/N-ethyl adjacent to an activating group) is 2. The van der Waals surface area contributed by atoms with Crippen LogP contribution in [-0.4, -0.2) is 205 Å². The summed E-state index contributed by atoms with van der Waals surface area (Å²) in [6.07, 6.45) is 4.04. The Balaban J connectivity index is 1.72. The fourth-order valence-corrected chi connectivity index (χ4v) is 11.3. The van der Waals surface area contributed by atoms with E-state index in [2.05, 4.69) is 31.9 Å². The van der Waals surface area contributed by atoms with Gasteiger partial charge in [-0.1, -0.05) is 105 Å². The van der Waals surface area contributed by atoms with Gasteiger partial charge < -0.3 is 66.9 Å². The van der Waals surface area contributed by atoms with Crippen molar-refractivity contribution in [3.8, 4) is 0 Å². The van der Waals surface area contributed by atoms with Crippen LogP contribution in [0.4, 0.5) is 4.79 Å². The Morgan fingerprint density at radius 3 is 1.90 bits per heavy atom. The van der Waals surface area contributed by atoms with Crippen molar-refractivity contribution in [3.05, 3.63) is 48.0 Å². The molecule has 26 nitrogen and oxygen atoms in total. The molecule has 2 heterocycles. The number of hydrogen-bond acceptors (Lipinski definition) is 14. The summed E-state index contributed by atoms with van der Waals surface area (Å²) in [6, 6.07) is 1.14. The van der Waals surface area contributed by atoms with Crippen molar-refractivity contribution >= 4 is 71.1 Å². The normalized spacial score (nSPS) is 17.4. The van der Waals surface area contributed by atoms with Crippen molar-refractivity contribution in [2.24, 2.45) is 35.3 Å². The Hall–Kier alpha value is -7.48. The first kappa shape index (κ1) is 74.8. The van der Waals surface area contributed by atoms with Crippen LogP contribution in [0.2, 0.25) is 0 Å². The predicted molar refractivity (Wildman–Crippen MR) is 327 cm³/mol. The van der Waals surface area contributed by atoms with Crippen LogP contribution in [0, 0.1) is 29.6 Å². The summed E-state index contributed by atoms with van der Waals surface area (Å²) < 4.78 is 12.0. The summed E-state index contributed by atoms with van der Waals surface area (Å²) in [4.78, 5) is 165. The number of nitrogens with two attached hydrogens (primary N) is 1. The van der Waals surface area contributed by atoms with Gasteiger partial charge in [-0.3, -0.25) is 52.8 Å². The second-order valence-corrected chi connectivity index (χ2v) is 24.1. The molecule has 1 aromatic carbocycles. The zero-order chi connectivity index (χ0) is 66.1. The van der Waals surface area contributed by atoms with Crippen LogP contribution in [-0.2, 0) is 68.6 Å². The second-order valence-electron chi connectivity index (χ2n) is 24.1. The molecule has 2 aliphatic heterocycles. The SMILES string of the molecule is CC[C@H](C)C([C@@H](CC(=O)N1CCCC1[C@H](OC)[C@@H](C)C(=O)N[C@@H](Cc1ccccc1)C(=O)O)OC)N(C)C(=O)[C@@H](NC(=O)[C@H](C(C)C)N(C)C(=O)CNC(=O)[C@H](CCCNC(N)=O)NC(=O)C(NC(=O)CCCCCN1C(=O)C=CC1=O)C(C)C)C(C)C. The van der Waals surface area contributed by atoms with E-state index in [1.165, 1.54) is 43.2 Å². The molecule has 1 saturated heterocycles. The first-order valence-corrected chi connectivity index (χ1v) is 30.7. The van der Waals surface area contributed by atoms with Gasteiger partial charge in [0.1, 0.15) is 30.2 Å². The lowest BCUT2D eigenvalue weighted by atomic mass is 9.89. The molecule has 1 aromatic rings. The van der Waals surface area contributed by atoms with E-state index in [-0.39, 0.29) is 68.8 Å². The number of methoxy groups -OCH3 is 2. The van der Waals surface area contributed by atoms with Crippen molar-refractivity contribution in [2.45, 2.75) is 187 Å². The average molecular weight is 1240 g/mol. The van der Waals surface area contributed by atoms with E-state index in [4.69, 9.17) is 15.2 Å². The van der Waals surface area contributed by atoms with E-state index in [9.17, 15) is 62.6 Å². The highest BCUT2D eigenvalue weighted by Crippen LogP contribution is 2.30. The van der Waals surface area contributed by atoms with Crippen molar-refractivity contribution in [1.29, 1.82) is 0 Å². The van der Waals surface area contributed by atoms with Crippen LogP contribution >= 0.6 is 0 Å². The van der Waals surface area contributed by atoms with Crippen molar-refractivity contribution in [1.82, 2.24) is 51.5 Å². The molecule has 2 aliphatic rings. The molecule has 0 saturated carbocycles. The maximum Gasteiger partial charge on any atom is 0.326 e. The van der Waals surface area contributed by atoms with E-state index in [0.29, 0.717) is 45.1 Å². The number of amides is 12. The summed E-state index contributed by atoms with van der Waals surface area (Å²) in [5.74, 6) is -8.97. The number of rotatable bonds is 38. The Morgan fingerprint density at radius 1 is 0.716 bits per heavy atom. The standard InChI is InChI=1S/C62H99N11O15/c1-14-39(8)54(45(87-12)34-49(77)72-32-22-26-44(72)55(88-13)40(9)56(79)67-43(61(84)85)33-41-23-17-15-18-24-41)71(11)60(83)52(37(4)5)69-59(82)53(38(6)7)70(10)50(78)35-65-57(80)42(25-21-30-64-62(63)86)66-58(81)51(36(2)3)68-46(74)27-19-16-20-31-73-47(75)28-29-48(73)76/h15,17-18,23-24,28-29,36-40,42-45,51-55H,14,16,19-22,25-27,30-35H2,1-13H3,(H,65,80)(H,66,81)(H,67,79)(H,68,74)(H,69,82)(H,84,85)(H3,63,64,86)/t39-,40+,42-,43-,44?,45+,51?,52-,53-,54?,55+/m0/s1. The minimum absolute atomic E-state index is 0.0163. The Morgan fingerprint density at radius 2 is 1.34 bits per heavy atom. The molecule has 12 amide bonds. The van der Waals surface area contributed by atoms with Gasteiger partial charge in [0, 0.05) is 72.9 Å². The lowest BCUT2D eigenvalue weighted by Gasteiger charge is -2.41. The number of nitrogens with zero attached hydrogens (tertiary/aromatic N) is 4. The summed E-state index contributed by atoms with van der Waals surface area (Å²) in [5, 5.41) is 26.0. The lowest BCUT2D eigenvalue weighted by molar-refractivity contribution is -0.149. The fraction of sp³-hybridized carbons (Fsp3) is 0.677. The molecule has 0 spiro atoms. The zero-order valence-corrected chi connectivity index (χ0v) is 53.8. The number of carbonyl (C=O) groups is 12. The van der Waals surface area contributed by atoms with E-state index >= 15 is 0 Å². The first-order chi connectivity index (χ1) is 41.5. The van der Waals surface area contributed by atoms with E-state index in [1.54, 1.807) is 84.7 Å². The van der Waals surface area contributed by atoms with Gasteiger partial charge >= 0.3 is 12.0 Å². The Bertz CT molecular complexity index is 2570. The number of ether oxygens (including phenoxy) is 2. The summed E-state index contributed by atoms with van der Waals surface area (Å²) in [6.45, 7) is 15.9. The van der Waals surface area contributed by atoms with Crippen LogP contribution in [0.1, 0.15) is 132 Å². The maximum absolute atomic E-state index is 14.8. The van der Waals surface area contributed by atoms with Crippen molar-refractivity contribution in [2.75, 3.05) is 54.5 Å². The minimum atomic E-state index is -1.25. The third-order valence-corrected chi connectivity index (χ3v) is 16.6. The number of aliphatic carboxylic acids is 1. The number of benzene rings is 1. The molecule has 0 aliphatic carbocycles. The number of primary amides is 1. The van der Waals surface area contributed by atoms with Crippen molar-refractivity contribution < 1.29 is 72.1 Å². The molecule has 88 heavy (non-hydrogen) atoms. The van der Waals surface area contributed by atoms with Gasteiger partial charge in [-0.2, -0.15) is 0 Å². The monoisotopic (exact) mass is 1240 g/mol. The van der Waals surface area contributed by atoms with Gasteiger partial charge in [-0.25, -0.2) is 9.59 Å². The maximum atomic E-state index is 14.8. The van der Waals surface area contributed by atoms with Gasteiger partial charge in [-0.05, 0) is 67.8 Å². The molecule has 0 aromatic heterocycles. The number of unbranched alkanes of at least 4 members (excludes halogenated alkanes) is 2. The third-order valence-electron chi connectivity index (χ3n) is 16.6. The fourth-order valence-electron chi connectivity index (χ4n) is 11.3. The van der Waals surface area contributed by atoms with Crippen molar-refractivity contribution in [3.63, 3.8) is 0 Å². The molecule has 492 valence electrons. The van der Waals surface area contributed by atoms with E-state index < -0.39 is 138 Å². The number of imide groups is 1. The molecule has 0 radical (unpaired) electrons. The summed E-state index contributed by atoms with van der Waals surface area (Å²) in [7, 11) is 5.89. The number of urea groups is 1. The molecule has 26 heteroatoms. The van der Waals surface area contributed by atoms with Crippen LogP contribution in [0.15, 0.2) is 42.5 Å². The number of likely N-dealkylation sites (tertiary alicyclic amines) is 1. The Labute approximate surface area is 518 Å². The number of nitrogens with one attached hydrogen (secondary N) is 6. The number of carboxylic acids is 1. The van der Waals surface area contributed by atoms with Gasteiger partial charge in [-0.15, -0.1) is 0 Å². The molecule has 9 N–H and O–H groups in total. The topological polar surface area (TPSA) is 355 Å². The van der Waals surface area contributed by atoms with Crippen LogP contribution in [0.25, 0.3) is 0 Å². The highest BCUT2D eigenvalue weighted by molar-refractivity contribution is 6.12. The Kier molecular flexibility index (Phi) is 31.2. The van der Waals surface area contributed by atoms with E-state index in [0.717, 1.165) is 10.5 Å². The number of carboxylic acid groups (broad SMARTS) is 1. The van der Waals surface area contributed by atoms with Crippen LogP contribution in [0.5, 0.6) is 0 Å². The highest BCUT2D eigenvalue weighted by Gasteiger charge is 2.44. The van der Waals surface area contributed by atoms with Gasteiger partial charge in [0.15, 0.2) is 0 Å². The van der Waals surface area contributed by atoms with E-state index in [1.807, 2.05) is 19.9 Å². The van der Waals surface area contributed by atoms with Gasteiger partial charge in [0.2, 0.25) is 47.3 Å². The smallest absolute Gasteiger partial charge is 0.326 e. The summed E-state index contributed by atoms with van der Waals surface area (Å²) in [5.41, 5.74) is 5.97. The average Bonchev–Trinajstić information content (AvgIpc) is 4.19. The largest absolute Gasteiger partial charge is 0.480 e. The molecule has 11 atom stereocenters. The second kappa shape index (κ2) is 36.7. The molecular weight excluding hydrogens is 1140 g/mol. The minimum Gasteiger partial charge on any atom is -0.480 e. The first-order valence-electron chi connectivity index (χ1n) is 30.7. The lowest BCUT2D eigenvalue weighted by Crippen LogP contribution is -2.61. The molecule has 0 bridgehead atoms. The third kappa shape index (κ3) is 22.3. The molecular formula is C62H99N11O15. The van der Waals surface area contributed by atoms with Gasteiger partial charge in [0.05, 0.1) is 43.2 Å². The van der Waals surface area contributed by atoms with Gasteiger partial charge in [0.25, 0.3) is 11.8 Å². The quantitative estimate of drug-likeness (QED) is 0.0347. The predicted octanol–water partition coefficient (Wildman–Crippen LogP) is 2.02. The van der Waals surface area contributed by atoms with Crippen LogP contribution < -0.4 is 37.6 Å². The number of carbonyl (C=O) groups excluding carboxylic acids is 11. The van der Waals surface area contributed by atoms with Crippen LogP contribution in [0.3, 0.4) is 0 Å². The molecule has 1 fully saturated rings. The zero-order valence-electron chi connectivity index (χ0n) is 53.8. The number of hydrogen-bond donors (Lipinski definition) is 8. The molecule has 3 rings (SSSR count). The summed E-state index contributed by atoms with van der Waals surface area (Å²) >= 11 is 0. The molecule has 3 unspecified atom stereocenters. The highest BCUT2D eigenvalue weighted by atomic mass is 16.5.